The van der Waals surface area contributed by atoms with Crippen molar-refractivity contribution in [1.82, 2.24) is 19.6 Å². The monoisotopic (exact) mass is 936 g/mol. The number of pyridine rings is 1. The number of anilines is 1. The van der Waals surface area contributed by atoms with Gasteiger partial charge in [-0.15, -0.1) is 0 Å². The van der Waals surface area contributed by atoms with E-state index in [9.17, 15) is 23.3 Å². The van der Waals surface area contributed by atoms with Crippen LogP contribution in [0.5, 0.6) is 17.2 Å². The molecule has 66 heavy (non-hydrogen) atoms. The molecule has 2 fully saturated rings. The molecule has 1 saturated carbocycles. The Morgan fingerprint density at radius 2 is 1.80 bits per heavy atom. The Labute approximate surface area is 390 Å². The number of nitrogens with zero attached hydrogens (tertiary/aromatic N) is 4. The van der Waals surface area contributed by atoms with Crippen molar-refractivity contribution in [3.8, 4) is 17.2 Å². The quantitative estimate of drug-likeness (QED) is 0.0851. The molecule has 0 radical (unpaired) electrons. The molecule has 5 aromatic rings. The van der Waals surface area contributed by atoms with Gasteiger partial charge in [-0.2, -0.15) is 0 Å². The van der Waals surface area contributed by atoms with E-state index in [0.717, 1.165) is 99.8 Å². The number of rotatable bonds is 13. The second-order valence-corrected chi connectivity index (χ2v) is 21.4. The van der Waals surface area contributed by atoms with Crippen LogP contribution in [0.4, 0.5) is 11.4 Å². The Bertz CT molecular complexity index is 2760. The molecule has 9 rings (SSSR count). The smallest absolute Gasteiger partial charge is 0.277 e. The minimum atomic E-state index is -4.64. The van der Waals surface area contributed by atoms with Gasteiger partial charge in [0.2, 0.25) is 0 Å². The normalized spacial score (nSPS) is 21.3. The number of nitrogens with one attached hydrogen (secondary N) is 2. The summed E-state index contributed by atoms with van der Waals surface area (Å²) in [4.78, 5) is 37.6. The second kappa shape index (κ2) is 19.0. The zero-order chi connectivity index (χ0) is 46.2. The number of aromatic amines is 1. The number of sulfonamides is 1. The lowest BCUT2D eigenvalue weighted by Gasteiger charge is -2.39. The fourth-order valence-corrected chi connectivity index (χ4v) is 10.9. The average Bonchev–Trinajstić information content (AvgIpc) is 3.77. The Morgan fingerprint density at radius 3 is 2.56 bits per heavy atom. The summed E-state index contributed by atoms with van der Waals surface area (Å²) < 4.78 is 48.6. The summed E-state index contributed by atoms with van der Waals surface area (Å²) in [5.74, 6) is 0.162. The molecule has 14 nitrogen and oxygen atoms in total. The van der Waals surface area contributed by atoms with Gasteiger partial charge in [-0.3, -0.25) is 19.8 Å². The third kappa shape index (κ3) is 10.4. The number of hydrogen-bond acceptors (Lipinski definition) is 11. The van der Waals surface area contributed by atoms with Gasteiger partial charge in [0.1, 0.15) is 22.9 Å². The molecule has 2 aliphatic carbocycles. The maximum absolute atomic E-state index is 14.1. The fourth-order valence-electron chi connectivity index (χ4n) is 9.80. The highest BCUT2D eigenvalue weighted by atomic mass is 35.5. The molecule has 0 unspecified atom stereocenters. The van der Waals surface area contributed by atoms with Gasteiger partial charge in [0, 0.05) is 79.1 Å². The number of carbonyl (C=O) groups is 1. The zero-order valence-corrected chi connectivity index (χ0v) is 39.3. The fraction of sp³-hybridized carbons (Fsp3) is 0.440. The predicted octanol–water partition coefficient (Wildman–Crippen LogP) is 9.97. The van der Waals surface area contributed by atoms with Crippen LogP contribution in [0.25, 0.3) is 16.6 Å². The summed E-state index contributed by atoms with van der Waals surface area (Å²) in [6.07, 6.45) is 11.1. The molecule has 4 heterocycles. The van der Waals surface area contributed by atoms with Gasteiger partial charge in [0.25, 0.3) is 21.6 Å². The van der Waals surface area contributed by atoms with Crippen molar-refractivity contribution in [2.75, 3.05) is 50.8 Å². The summed E-state index contributed by atoms with van der Waals surface area (Å²) >= 11 is 6.25. The molecule has 348 valence electrons. The Balaban J connectivity index is 0.922. The minimum Gasteiger partial charge on any atom is -0.493 e. The van der Waals surface area contributed by atoms with Crippen LogP contribution in [-0.4, -0.2) is 86.2 Å². The molecule has 4 aliphatic rings. The number of carbonyl (C=O) groups excluding carboxylic acids is 1. The van der Waals surface area contributed by atoms with Crippen molar-refractivity contribution >= 4 is 55.5 Å². The van der Waals surface area contributed by atoms with E-state index < -0.39 is 25.7 Å². The number of benzene rings is 3. The number of amides is 1. The molecule has 2 aliphatic heterocycles. The Kier molecular flexibility index (Phi) is 13.2. The zero-order valence-electron chi connectivity index (χ0n) is 37.7. The van der Waals surface area contributed by atoms with Crippen molar-refractivity contribution in [2.24, 2.45) is 17.3 Å². The number of piperazine rings is 1. The summed E-state index contributed by atoms with van der Waals surface area (Å²) in [5, 5.41) is 13.9. The van der Waals surface area contributed by atoms with Crippen LogP contribution in [0, 0.1) is 27.4 Å². The van der Waals surface area contributed by atoms with Crippen molar-refractivity contribution in [3.63, 3.8) is 0 Å². The first-order chi connectivity index (χ1) is 31.7. The Hall–Kier alpha value is -5.48. The van der Waals surface area contributed by atoms with Crippen molar-refractivity contribution in [3.05, 3.63) is 117 Å². The summed E-state index contributed by atoms with van der Waals surface area (Å²) in [6.45, 7) is 11.5. The van der Waals surface area contributed by atoms with Crippen LogP contribution in [0.1, 0.15) is 87.2 Å². The molecular formula is C50H57ClN6O8S. The summed E-state index contributed by atoms with van der Waals surface area (Å²) in [6, 6.07) is 19.1. The molecule has 0 bridgehead atoms. The van der Waals surface area contributed by atoms with E-state index in [0.29, 0.717) is 35.9 Å². The van der Waals surface area contributed by atoms with Crippen LogP contribution >= 0.6 is 11.6 Å². The lowest BCUT2D eigenvalue weighted by molar-refractivity contribution is -0.386. The molecule has 2 N–H and O–H groups in total. The van der Waals surface area contributed by atoms with Crippen molar-refractivity contribution in [1.29, 1.82) is 0 Å². The van der Waals surface area contributed by atoms with Gasteiger partial charge in [-0.05, 0) is 110 Å². The first kappa shape index (κ1) is 45.7. The topological polar surface area (TPSA) is 169 Å². The highest BCUT2D eigenvalue weighted by molar-refractivity contribution is 7.90. The van der Waals surface area contributed by atoms with E-state index in [2.05, 4.69) is 57.4 Å². The molecular weight excluding hydrogens is 880 g/mol. The van der Waals surface area contributed by atoms with Crippen LogP contribution in [0.3, 0.4) is 0 Å². The number of aromatic nitrogens is 2. The third-order valence-electron chi connectivity index (χ3n) is 13.7. The van der Waals surface area contributed by atoms with Crippen LogP contribution in [-0.2, 0) is 21.2 Å². The van der Waals surface area contributed by atoms with Gasteiger partial charge in [-0.25, -0.2) is 18.1 Å². The highest BCUT2D eigenvalue weighted by Crippen LogP contribution is 2.44. The average molecular weight is 938 g/mol. The SMILES string of the molecule is CC1CCC(OC[C@@H]2COc3cc(S(=O)(=O)NC(=O)c4ccc(N5CCN(CC6=C(c7ccc(Cl)cc7)CC(C)(C)CC6)CC5)cc4Oc4cnc5[nH]ccc5c4)cc([N+](=O)[O-])c3C2)CC1. The van der Waals surface area contributed by atoms with E-state index in [1.807, 2.05) is 18.2 Å². The van der Waals surface area contributed by atoms with Gasteiger partial charge in [0.05, 0.1) is 46.5 Å². The van der Waals surface area contributed by atoms with E-state index >= 15 is 0 Å². The largest absolute Gasteiger partial charge is 0.493 e. The maximum Gasteiger partial charge on any atom is 0.277 e. The van der Waals surface area contributed by atoms with E-state index in [1.54, 1.807) is 30.5 Å². The number of allylic oxidation sites excluding steroid dienone is 1. The van der Waals surface area contributed by atoms with Crippen molar-refractivity contribution < 1.29 is 32.3 Å². The lowest BCUT2D eigenvalue weighted by atomic mass is 9.72. The van der Waals surface area contributed by atoms with Gasteiger partial charge in [0.15, 0.2) is 0 Å². The molecule has 1 saturated heterocycles. The Morgan fingerprint density at radius 1 is 1.03 bits per heavy atom. The number of fused-ring (bicyclic) bond motifs is 2. The molecule has 2 aromatic heterocycles. The van der Waals surface area contributed by atoms with Crippen molar-refractivity contribution in [2.45, 2.75) is 83.1 Å². The minimum absolute atomic E-state index is 0.0454. The molecule has 0 spiro atoms. The first-order valence-corrected chi connectivity index (χ1v) is 24.8. The van der Waals surface area contributed by atoms with Crippen LogP contribution in [0.2, 0.25) is 5.02 Å². The predicted molar refractivity (Wildman–Crippen MR) is 255 cm³/mol. The highest BCUT2D eigenvalue weighted by Gasteiger charge is 2.34. The number of nitro benzene ring substituents is 1. The number of ether oxygens (including phenoxy) is 3. The number of halogens is 1. The molecule has 1 atom stereocenters. The standard InChI is InChI=1S/C50H57ClN6O8S/c1-32-4-11-39(12-5-32)63-30-33-22-43-45(57(59)60)25-41(26-46(43)64-31-33)66(61,62)54-49(58)42-13-10-38(24-47(42)65-40-23-35-15-17-52-48(35)53-28-40)56-20-18-55(19-21-56)29-36-14-16-50(2,3)27-44(36)34-6-8-37(51)9-7-34/h6-10,13,15,17,23-26,28,32-33,39H,4-5,11-12,14,16,18-22,27,29-31H2,1-3H3,(H,52,53)(H,54,58)/t32?,33-,39?/m1/s1. The molecule has 3 aromatic carbocycles. The molecule has 16 heteroatoms. The lowest BCUT2D eigenvalue weighted by Crippen LogP contribution is -2.47. The van der Waals surface area contributed by atoms with E-state index in [4.69, 9.17) is 25.8 Å². The summed E-state index contributed by atoms with van der Waals surface area (Å²) in [7, 11) is -4.64. The number of nitro groups is 1. The number of hydrogen-bond donors (Lipinski definition) is 2. The van der Waals surface area contributed by atoms with E-state index in [1.165, 1.54) is 29.0 Å². The van der Waals surface area contributed by atoms with Crippen LogP contribution < -0.4 is 19.1 Å². The second-order valence-electron chi connectivity index (χ2n) is 19.3. The summed E-state index contributed by atoms with van der Waals surface area (Å²) in [5.41, 5.74) is 5.66. The van der Waals surface area contributed by atoms with Gasteiger partial charge >= 0.3 is 0 Å². The molecule has 1 amide bonds. The number of H-pyrrole nitrogens is 1. The maximum atomic E-state index is 14.1. The van der Waals surface area contributed by atoms with Gasteiger partial charge in [-0.1, -0.05) is 50.1 Å². The van der Waals surface area contributed by atoms with E-state index in [-0.39, 0.29) is 46.8 Å². The first-order valence-electron chi connectivity index (χ1n) is 23.0. The van der Waals surface area contributed by atoms with Gasteiger partial charge < -0.3 is 24.1 Å². The van der Waals surface area contributed by atoms with Crippen LogP contribution in [0.15, 0.2) is 89.6 Å². The third-order valence-corrected chi connectivity index (χ3v) is 15.3.